The Morgan fingerprint density at radius 2 is 1.52 bits per heavy atom. The molecule has 2 aromatic rings. The second kappa shape index (κ2) is 9.05. The van der Waals surface area contributed by atoms with Crippen molar-refractivity contribution < 1.29 is 14.4 Å². The maximum absolute atomic E-state index is 11.9. The Bertz CT molecular complexity index is 590. The molecular weight excluding hydrogens is 292 g/mol. The second-order valence-corrected chi connectivity index (χ2v) is 5.27. The molecule has 1 amide bonds. The molecule has 0 radical (unpaired) electrons. The number of ether oxygens (including phenoxy) is 1. The molecular formula is C18H22N2O3. The molecule has 0 saturated heterocycles. The van der Waals surface area contributed by atoms with Gasteiger partial charge in [-0.15, -0.1) is 0 Å². The molecule has 0 aliphatic rings. The SMILES string of the molecule is C[C@H](OCc1ccccc1)C(N)C(=O)NOCc1ccccc1. The topological polar surface area (TPSA) is 73.6 Å². The summed E-state index contributed by atoms with van der Waals surface area (Å²) in [7, 11) is 0. The lowest BCUT2D eigenvalue weighted by Crippen LogP contribution is -2.48. The number of nitrogens with one attached hydrogen (secondary N) is 1. The highest BCUT2D eigenvalue weighted by atomic mass is 16.7. The fourth-order valence-corrected chi connectivity index (χ4v) is 1.95. The van der Waals surface area contributed by atoms with E-state index in [1.54, 1.807) is 6.92 Å². The molecule has 2 atom stereocenters. The van der Waals surface area contributed by atoms with Gasteiger partial charge in [-0.25, -0.2) is 5.48 Å². The van der Waals surface area contributed by atoms with E-state index in [0.717, 1.165) is 11.1 Å². The van der Waals surface area contributed by atoms with Gasteiger partial charge in [0.15, 0.2) is 0 Å². The van der Waals surface area contributed by atoms with Gasteiger partial charge in [0.2, 0.25) is 0 Å². The molecule has 23 heavy (non-hydrogen) atoms. The molecule has 0 spiro atoms. The Balaban J connectivity index is 1.70. The van der Waals surface area contributed by atoms with E-state index in [-0.39, 0.29) is 0 Å². The predicted molar refractivity (Wildman–Crippen MR) is 88.0 cm³/mol. The van der Waals surface area contributed by atoms with Crippen LogP contribution in [0.25, 0.3) is 0 Å². The van der Waals surface area contributed by atoms with Crippen LogP contribution in [0.3, 0.4) is 0 Å². The number of hydrogen-bond donors (Lipinski definition) is 2. The Morgan fingerprint density at radius 3 is 2.09 bits per heavy atom. The average molecular weight is 314 g/mol. The first-order valence-electron chi connectivity index (χ1n) is 7.53. The van der Waals surface area contributed by atoms with E-state index in [4.69, 9.17) is 15.3 Å². The lowest BCUT2D eigenvalue weighted by Gasteiger charge is -2.19. The number of benzene rings is 2. The Hall–Kier alpha value is -2.21. The van der Waals surface area contributed by atoms with Crippen LogP contribution >= 0.6 is 0 Å². The van der Waals surface area contributed by atoms with Gasteiger partial charge in [0, 0.05) is 0 Å². The van der Waals surface area contributed by atoms with Gasteiger partial charge in [-0.1, -0.05) is 60.7 Å². The quantitative estimate of drug-likeness (QED) is 0.732. The van der Waals surface area contributed by atoms with Gasteiger partial charge in [-0.3, -0.25) is 9.63 Å². The highest BCUT2D eigenvalue weighted by molar-refractivity contribution is 5.81. The third kappa shape index (κ3) is 5.83. The summed E-state index contributed by atoms with van der Waals surface area (Å²) in [5.41, 5.74) is 10.3. The van der Waals surface area contributed by atoms with Crippen molar-refractivity contribution in [3.8, 4) is 0 Å². The summed E-state index contributed by atoms with van der Waals surface area (Å²) in [5, 5.41) is 0. The number of carbonyl (C=O) groups is 1. The van der Waals surface area contributed by atoms with E-state index in [1.807, 2.05) is 60.7 Å². The molecule has 2 aromatic carbocycles. The summed E-state index contributed by atoms with van der Waals surface area (Å²) in [5.74, 6) is -0.401. The standard InChI is InChI=1S/C18H22N2O3/c1-14(22-12-15-8-4-2-5-9-15)17(19)18(21)20-23-13-16-10-6-3-7-11-16/h2-11,14,17H,12-13,19H2,1H3,(H,20,21)/t14-,17?/m0/s1. The third-order valence-corrected chi connectivity index (χ3v) is 3.42. The molecule has 0 aliphatic heterocycles. The van der Waals surface area contributed by atoms with Crippen molar-refractivity contribution in [3.05, 3.63) is 71.8 Å². The molecule has 5 nitrogen and oxygen atoms in total. The first kappa shape index (κ1) is 17.1. The summed E-state index contributed by atoms with van der Waals surface area (Å²) in [6.45, 7) is 2.47. The summed E-state index contributed by atoms with van der Waals surface area (Å²) in [6.07, 6.45) is -0.421. The van der Waals surface area contributed by atoms with Crippen LogP contribution in [0, 0.1) is 0 Å². The first-order valence-corrected chi connectivity index (χ1v) is 7.53. The minimum absolute atomic E-state index is 0.290. The average Bonchev–Trinajstić information content (AvgIpc) is 2.60. The highest BCUT2D eigenvalue weighted by Crippen LogP contribution is 2.05. The number of hydroxylamine groups is 1. The monoisotopic (exact) mass is 314 g/mol. The molecule has 0 aliphatic carbocycles. The summed E-state index contributed by atoms with van der Waals surface area (Å²) in [4.78, 5) is 17.1. The van der Waals surface area contributed by atoms with Crippen LogP contribution in [0.5, 0.6) is 0 Å². The Kier molecular flexibility index (Phi) is 6.75. The molecule has 0 heterocycles. The van der Waals surface area contributed by atoms with Gasteiger partial charge in [-0.05, 0) is 18.1 Å². The van der Waals surface area contributed by atoms with E-state index in [2.05, 4.69) is 5.48 Å². The van der Waals surface area contributed by atoms with Gasteiger partial charge < -0.3 is 10.5 Å². The van der Waals surface area contributed by atoms with Gasteiger partial charge in [0.25, 0.3) is 5.91 Å². The zero-order valence-corrected chi connectivity index (χ0v) is 13.1. The van der Waals surface area contributed by atoms with Crippen molar-refractivity contribution in [1.82, 2.24) is 5.48 Å². The van der Waals surface area contributed by atoms with E-state index in [1.165, 1.54) is 0 Å². The van der Waals surface area contributed by atoms with E-state index in [9.17, 15) is 4.79 Å². The van der Waals surface area contributed by atoms with Crippen LogP contribution in [0.1, 0.15) is 18.1 Å². The number of amides is 1. The normalized spacial score (nSPS) is 13.3. The smallest absolute Gasteiger partial charge is 0.263 e. The molecule has 122 valence electrons. The summed E-state index contributed by atoms with van der Waals surface area (Å²) in [6, 6.07) is 18.5. The molecule has 5 heteroatoms. The van der Waals surface area contributed by atoms with Crippen LogP contribution in [-0.4, -0.2) is 18.1 Å². The predicted octanol–water partition coefficient (Wildman–Crippen LogP) is 2.17. The van der Waals surface area contributed by atoms with Crippen molar-refractivity contribution in [2.75, 3.05) is 0 Å². The fraction of sp³-hybridized carbons (Fsp3) is 0.278. The molecule has 0 fully saturated rings. The van der Waals surface area contributed by atoms with Crippen LogP contribution in [0.4, 0.5) is 0 Å². The maximum atomic E-state index is 11.9. The van der Waals surface area contributed by atoms with E-state index >= 15 is 0 Å². The number of rotatable bonds is 8. The van der Waals surface area contributed by atoms with Crippen molar-refractivity contribution in [2.45, 2.75) is 32.3 Å². The fourth-order valence-electron chi connectivity index (χ4n) is 1.95. The highest BCUT2D eigenvalue weighted by Gasteiger charge is 2.21. The summed E-state index contributed by atoms with van der Waals surface area (Å²) >= 11 is 0. The molecule has 3 N–H and O–H groups in total. The Labute approximate surface area is 136 Å². The van der Waals surface area contributed by atoms with E-state index < -0.39 is 18.1 Å². The molecule has 2 rings (SSSR count). The number of hydrogen-bond acceptors (Lipinski definition) is 4. The lowest BCUT2D eigenvalue weighted by molar-refractivity contribution is -0.139. The third-order valence-electron chi connectivity index (χ3n) is 3.42. The second-order valence-electron chi connectivity index (χ2n) is 5.27. The lowest BCUT2D eigenvalue weighted by atomic mass is 10.2. The van der Waals surface area contributed by atoms with Gasteiger partial charge in [-0.2, -0.15) is 0 Å². The largest absolute Gasteiger partial charge is 0.372 e. The van der Waals surface area contributed by atoms with E-state index in [0.29, 0.717) is 13.2 Å². The number of carbonyl (C=O) groups excluding carboxylic acids is 1. The van der Waals surface area contributed by atoms with Crippen molar-refractivity contribution >= 4 is 5.91 Å². The minimum atomic E-state index is -0.797. The first-order chi connectivity index (χ1) is 11.2. The molecule has 0 saturated carbocycles. The van der Waals surface area contributed by atoms with Crippen molar-refractivity contribution in [3.63, 3.8) is 0 Å². The Morgan fingerprint density at radius 1 is 1.00 bits per heavy atom. The molecule has 0 bridgehead atoms. The van der Waals surface area contributed by atoms with Crippen LogP contribution in [0.2, 0.25) is 0 Å². The zero-order valence-electron chi connectivity index (χ0n) is 13.1. The van der Waals surface area contributed by atoms with Gasteiger partial charge in [0.1, 0.15) is 6.04 Å². The maximum Gasteiger partial charge on any atom is 0.263 e. The van der Waals surface area contributed by atoms with Gasteiger partial charge in [0.05, 0.1) is 19.3 Å². The summed E-state index contributed by atoms with van der Waals surface area (Å²) < 4.78 is 5.63. The zero-order chi connectivity index (χ0) is 16.5. The van der Waals surface area contributed by atoms with Crippen LogP contribution < -0.4 is 11.2 Å². The number of nitrogens with two attached hydrogens (primary N) is 1. The van der Waals surface area contributed by atoms with Crippen molar-refractivity contribution in [1.29, 1.82) is 0 Å². The van der Waals surface area contributed by atoms with Crippen LogP contribution in [-0.2, 0) is 27.6 Å². The molecule has 1 unspecified atom stereocenters. The van der Waals surface area contributed by atoms with Crippen molar-refractivity contribution in [2.24, 2.45) is 5.73 Å². The minimum Gasteiger partial charge on any atom is -0.372 e. The van der Waals surface area contributed by atoms with Gasteiger partial charge >= 0.3 is 0 Å². The molecule has 0 aromatic heterocycles. The van der Waals surface area contributed by atoms with Crippen LogP contribution in [0.15, 0.2) is 60.7 Å².